The van der Waals surface area contributed by atoms with Crippen LogP contribution in [-0.2, 0) is 12.8 Å². The molecule has 1 N–H and O–H groups in total. The molecule has 0 aliphatic carbocycles. The Labute approximate surface area is 119 Å². The fraction of sp³-hybridized carbons (Fsp3) is 0.500. The Hall–Kier alpha value is -1.68. The van der Waals surface area contributed by atoms with Crippen molar-refractivity contribution in [1.29, 1.82) is 0 Å². The first-order valence-corrected chi connectivity index (χ1v) is 7.17. The smallest absolute Gasteiger partial charge is 0.248 e. The maximum Gasteiger partial charge on any atom is 0.248 e. The van der Waals surface area contributed by atoms with Gasteiger partial charge in [0.25, 0.3) is 0 Å². The number of benzene rings is 1. The third-order valence-electron chi connectivity index (χ3n) is 3.53. The van der Waals surface area contributed by atoms with E-state index < -0.39 is 0 Å². The molecule has 0 radical (unpaired) electrons. The molecule has 1 aliphatic rings. The highest BCUT2D eigenvalue weighted by Crippen LogP contribution is 2.28. The zero-order chi connectivity index (χ0) is 14.2. The van der Waals surface area contributed by atoms with Crippen LogP contribution in [-0.4, -0.2) is 16.7 Å². The average Bonchev–Trinajstić information content (AvgIpc) is 2.84. The number of aromatic nitrogens is 2. The lowest BCUT2D eigenvalue weighted by atomic mass is 9.92. The number of hydrogen-bond acceptors (Lipinski definition) is 4. The third-order valence-corrected chi connectivity index (χ3v) is 3.53. The second-order valence-corrected chi connectivity index (χ2v) is 6.62. The van der Waals surface area contributed by atoms with Crippen LogP contribution in [0.5, 0.6) is 0 Å². The molecule has 4 nitrogen and oxygen atoms in total. The van der Waals surface area contributed by atoms with E-state index in [1.807, 2.05) is 0 Å². The summed E-state index contributed by atoms with van der Waals surface area (Å²) in [7, 11) is 0. The molecule has 0 saturated heterocycles. The van der Waals surface area contributed by atoms with Gasteiger partial charge in [0.1, 0.15) is 6.04 Å². The van der Waals surface area contributed by atoms with E-state index in [-0.39, 0.29) is 11.5 Å². The van der Waals surface area contributed by atoms with Crippen LogP contribution in [0.3, 0.4) is 0 Å². The first-order chi connectivity index (χ1) is 9.53. The second kappa shape index (κ2) is 5.02. The summed E-state index contributed by atoms with van der Waals surface area (Å²) in [6.07, 6.45) is 1.88. The van der Waals surface area contributed by atoms with Gasteiger partial charge < -0.3 is 9.84 Å². The number of rotatable bonds is 2. The van der Waals surface area contributed by atoms with E-state index in [1.54, 1.807) is 0 Å². The number of hydrogen-bond donors (Lipinski definition) is 1. The second-order valence-electron chi connectivity index (χ2n) is 6.62. The summed E-state index contributed by atoms with van der Waals surface area (Å²) >= 11 is 0. The van der Waals surface area contributed by atoms with Crippen LogP contribution in [0.2, 0.25) is 0 Å². The third kappa shape index (κ3) is 2.75. The molecule has 2 heterocycles. The van der Waals surface area contributed by atoms with Gasteiger partial charge in [0.2, 0.25) is 5.89 Å². The standard InChI is InChI=1S/C16H21N3O/c1-16(2,3)10-13-18-15(20-19-13)14-12-7-5-4-6-11(12)8-9-17-14/h4-7,14,17H,8-10H2,1-3H3. The summed E-state index contributed by atoms with van der Waals surface area (Å²) in [5.74, 6) is 1.47. The fourth-order valence-electron chi connectivity index (χ4n) is 2.66. The molecule has 0 saturated carbocycles. The monoisotopic (exact) mass is 271 g/mol. The van der Waals surface area contributed by atoms with Crippen molar-refractivity contribution in [3.8, 4) is 0 Å². The molecule has 20 heavy (non-hydrogen) atoms. The Morgan fingerprint density at radius 1 is 1.30 bits per heavy atom. The van der Waals surface area contributed by atoms with Crippen molar-refractivity contribution in [1.82, 2.24) is 15.5 Å². The summed E-state index contributed by atoms with van der Waals surface area (Å²) in [6.45, 7) is 7.48. The molecule has 0 bridgehead atoms. The van der Waals surface area contributed by atoms with Crippen molar-refractivity contribution >= 4 is 0 Å². The minimum Gasteiger partial charge on any atom is -0.337 e. The maximum absolute atomic E-state index is 5.48. The topological polar surface area (TPSA) is 51.0 Å². The Morgan fingerprint density at radius 2 is 2.10 bits per heavy atom. The van der Waals surface area contributed by atoms with E-state index in [9.17, 15) is 0 Å². The van der Waals surface area contributed by atoms with Crippen LogP contribution >= 0.6 is 0 Å². The molecular formula is C16H21N3O. The quantitative estimate of drug-likeness (QED) is 0.912. The molecule has 4 heteroatoms. The van der Waals surface area contributed by atoms with Crippen molar-refractivity contribution in [2.75, 3.05) is 6.54 Å². The zero-order valence-electron chi connectivity index (χ0n) is 12.3. The van der Waals surface area contributed by atoms with Gasteiger partial charge in [-0.3, -0.25) is 0 Å². The van der Waals surface area contributed by atoms with Gasteiger partial charge in [-0.15, -0.1) is 0 Å². The lowest BCUT2D eigenvalue weighted by molar-refractivity contribution is 0.332. The molecule has 0 spiro atoms. The lowest BCUT2D eigenvalue weighted by Gasteiger charge is -2.23. The Morgan fingerprint density at radius 3 is 2.90 bits per heavy atom. The maximum atomic E-state index is 5.48. The SMILES string of the molecule is CC(C)(C)Cc1noc(C2NCCc3ccccc32)n1. The van der Waals surface area contributed by atoms with E-state index in [4.69, 9.17) is 4.52 Å². The molecule has 1 aliphatic heterocycles. The van der Waals surface area contributed by atoms with E-state index in [1.165, 1.54) is 11.1 Å². The van der Waals surface area contributed by atoms with E-state index in [2.05, 4.69) is 60.5 Å². The van der Waals surface area contributed by atoms with Gasteiger partial charge in [0.05, 0.1) is 0 Å². The van der Waals surface area contributed by atoms with Gasteiger partial charge in [0, 0.05) is 13.0 Å². The van der Waals surface area contributed by atoms with Crippen LogP contribution < -0.4 is 5.32 Å². The van der Waals surface area contributed by atoms with Gasteiger partial charge in [-0.1, -0.05) is 50.2 Å². The van der Waals surface area contributed by atoms with E-state index >= 15 is 0 Å². The summed E-state index contributed by atoms with van der Waals surface area (Å²) in [5.41, 5.74) is 2.79. The predicted molar refractivity (Wildman–Crippen MR) is 77.4 cm³/mol. The van der Waals surface area contributed by atoms with Gasteiger partial charge in [0.15, 0.2) is 5.82 Å². The molecular weight excluding hydrogens is 250 g/mol. The Kier molecular flexibility index (Phi) is 3.34. The van der Waals surface area contributed by atoms with Gasteiger partial charge in [-0.25, -0.2) is 0 Å². The Balaban J connectivity index is 1.88. The van der Waals surface area contributed by atoms with Crippen molar-refractivity contribution in [2.24, 2.45) is 5.41 Å². The van der Waals surface area contributed by atoms with E-state index in [0.717, 1.165) is 25.2 Å². The first kappa shape index (κ1) is 13.3. The molecule has 3 rings (SSSR count). The van der Waals surface area contributed by atoms with Crippen molar-refractivity contribution in [2.45, 2.75) is 39.7 Å². The first-order valence-electron chi connectivity index (χ1n) is 7.17. The molecule has 1 unspecified atom stereocenters. The molecule has 1 aromatic carbocycles. The van der Waals surface area contributed by atoms with Crippen molar-refractivity contribution in [3.05, 3.63) is 47.1 Å². The summed E-state index contributed by atoms with van der Waals surface area (Å²) in [4.78, 5) is 4.58. The average molecular weight is 271 g/mol. The van der Waals surface area contributed by atoms with Crippen molar-refractivity contribution < 1.29 is 4.52 Å². The molecule has 1 aromatic heterocycles. The highest BCUT2D eigenvalue weighted by Gasteiger charge is 2.26. The van der Waals surface area contributed by atoms with Gasteiger partial charge in [-0.05, 0) is 23.0 Å². The fourth-order valence-corrected chi connectivity index (χ4v) is 2.66. The summed E-state index contributed by atoms with van der Waals surface area (Å²) < 4.78 is 5.48. The van der Waals surface area contributed by atoms with Crippen LogP contribution in [0, 0.1) is 5.41 Å². The number of nitrogens with zero attached hydrogens (tertiary/aromatic N) is 2. The lowest BCUT2D eigenvalue weighted by Crippen LogP contribution is -2.30. The predicted octanol–water partition coefficient (Wildman–Crippen LogP) is 2.89. The minimum absolute atomic E-state index is 0.0289. The zero-order valence-corrected chi connectivity index (χ0v) is 12.3. The largest absolute Gasteiger partial charge is 0.337 e. The molecule has 106 valence electrons. The molecule has 2 aromatic rings. The number of fused-ring (bicyclic) bond motifs is 1. The highest BCUT2D eigenvalue weighted by atomic mass is 16.5. The Bertz CT molecular complexity index is 598. The highest BCUT2D eigenvalue weighted by molar-refractivity contribution is 5.35. The van der Waals surface area contributed by atoms with Gasteiger partial charge in [-0.2, -0.15) is 4.98 Å². The summed E-state index contributed by atoms with van der Waals surface area (Å²) in [6, 6.07) is 8.49. The minimum atomic E-state index is 0.0289. The number of nitrogens with one attached hydrogen (secondary N) is 1. The molecule has 0 amide bonds. The molecule has 1 atom stereocenters. The van der Waals surface area contributed by atoms with E-state index in [0.29, 0.717) is 5.89 Å². The van der Waals surface area contributed by atoms with Crippen LogP contribution in [0.1, 0.15) is 49.7 Å². The van der Waals surface area contributed by atoms with Crippen molar-refractivity contribution in [3.63, 3.8) is 0 Å². The van der Waals surface area contributed by atoms with Crippen LogP contribution in [0.25, 0.3) is 0 Å². The van der Waals surface area contributed by atoms with Crippen LogP contribution in [0.4, 0.5) is 0 Å². The van der Waals surface area contributed by atoms with Gasteiger partial charge >= 0.3 is 0 Å². The summed E-state index contributed by atoms with van der Waals surface area (Å²) in [5, 5.41) is 7.60. The van der Waals surface area contributed by atoms with Crippen LogP contribution in [0.15, 0.2) is 28.8 Å². The molecule has 0 fully saturated rings. The normalized spacial score (nSPS) is 18.9.